The van der Waals surface area contributed by atoms with Gasteiger partial charge in [-0.15, -0.1) is 10.2 Å². The predicted octanol–water partition coefficient (Wildman–Crippen LogP) is 5.90. The molecule has 2 amide bonds. The summed E-state index contributed by atoms with van der Waals surface area (Å²) in [6, 6.07) is 23.2. The lowest BCUT2D eigenvalue weighted by Gasteiger charge is -2.13. The molecule has 182 valence electrons. The molecule has 7 nitrogen and oxygen atoms in total. The van der Waals surface area contributed by atoms with Gasteiger partial charge in [0.2, 0.25) is 17.0 Å². The molecule has 0 bridgehead atoms. The smallest absolute Gasteiger partial charge is 0.237 e. The van der Waals surface area contributed by atoms with Gasteiger partial charge in [-0.1, -0.05) is 71.4 Å². The Kier molecular flexibility index (Phi) is 7.75. The minimum Gasteiger partial charge on any atom is -0.326 e. The van der Waals surface area contributed by atoms with Crippen LogP contribution in [0.25, 0.3) is 22.5 Å². The van der Waals surface area contributed by atoms with Gasteiger partial charge in [-0.3, -0.25) is 9.59 Å². The number of amides is 2. The third-order valence-corrected chi connectivity index (χ3v) is 6.39. The highest BCUT2D eigenvalue weighted by Crippen LogP contribution is 2.31. The number of nitrogens with one attached hydrogen (secondary N) is 2. The summed E-state index contributed by atoms with van der Waals surface area (Å²) in [5.74, 6) is -0.334. The lowest BCUT2D eigenvalue weighted by atomic mass is 10.0. The first kappa shape index (κ1) is 25.1. The Labute approximate surface area is 214 Å². The van der Waals surface area contributed by atoms with E-state index in [2.05, 4.69) is 20.8 Å². The molecule has 0 aliphatic carbocycles. The van der Waals surface area contributed by atoms with Crippen LogP contribution in [0.4, 0.5) is 11.4 Å². The van der Waals surface area contributed by atoms with Crippen LogP contribution in [0, 0.1) is 13.8 Å². The first-order chi connectivity index (χ1) is 17.3. The normalized spacial score (nSPS) is 11.6. The molecule has 1 aromatic heterocycles. The number of rotatable bonds is 7. The lowest BCUT2D eigenvalue weighted by molar-refractivity contribution is -0.115. The number of thioether (sulfide) groups is 1. The molecule has 0 saturated carbocycles. The third kappa shape index (κ3) is 6.34. The van der Waals surface area contributed by atoms with Crippen LogP contribution in [0.5, 0.6) is 0 Å². The zero-order valence-electron chi connectivity index (χ0n) is 20.6. The van der Waals surface area contributed by atoms with Crippen molar-refractivity contribution in [3.63, 3.8) is 0 Å². The summed E-state index contributed by atoms with van der Waals surface area (Å²) < 4.78 is 0. The van der Waals surface area contributed by atoms with Gasteiger partial charge in [0, 0.05) is 29.4 Å². The first-order valence-electron chi connectivity index (χ1n) is 11.5. The topological polar surface area (TPSA) is 96.9 Å². The van der Waals surface area contributed by atoms with E-state index in [1.165, 1.54) is 18.7 Å². The van der Waals surface area contributed by atoms with Crippen molar-refractivity contribution in [1.29, 1.82) is 0 Å². The fourth-order valence-electron chi connectivity index (χ4n) is 3.48. The molecular weight excluding hydrogens is 470 g/mol. The van der Waals surface area contributed by atoms with E-state index in [1.807, 2.05) is 62.4 Å². The Balaban J connectivity index is 1.54. The van der Waals surface area contributed by atoms with E-state index < -0.39 is 5.25 Å². The zero-order chi connectivity index (χ0) is 25.7. The number of carbonyl (C=O) groups is 2. The molecule has 1 atom stereocenters. The fraction of sp³-hybridized carbons (Fsp3) is 0.179. The van der Waals surface area contributed by atoms with E-state index in [4.69, 9.17) is 4.98 Å². The first-order valence-corrected chi connectivity index (χ1v) is 12.4. The number of hydrogen-bond donors (Lipinski definition) is 2. The van der Waals surface area contributed by atoms with Crippen molar-refractivity contribution in [3.8, 4) is 22.5 Å². The molecule has 1 unspecified atom stereocenters. The zero-order valence-corrected chi connectivity index (χ0v) is 21.4. The summed E-state index contributed by atoms with van der Waals surface area (Å²) >= 11 is 1.25. The number of aryl methyl sites for hydroxylation is 2. The highest BCUT2D eigenvalue weighted by Gasteiger charge is 2.19. The molecule has 4 rings (SSSR count). The van der Waals surface area contributed by atoms with Gasteiger partial charge >= 0.3 is 0 Å². The van der Waals surface area contributed by atoms with Crippen LogP contribution in [0.3, 0.4) is 0 Å². The molecule has 0 fully saturated rings. The molecule has 0 spiro atoms. The molecule has 0 saturated heterocycles. The maximum atomic E-state index is 12.8. The second kappa shape index (κ2) is 11.1. The van der Waals surface area contributed by atoms with E-state index in [0.29, 0.717) is 22.2 Å². The van der Waals surface area contributed by atoms with Gasteiger partial charge in [0.05, 0.1) is 5.25 Å². The fourth-order valence-corrected chi connectivity index (χ4v) is 4.19. The largest absolute Gasteiger partial charge is 0.326 e. The standard InChI is InChI=1S/C28H27N5O2S/c1-17-5-9-21(10-6-17)25-26(22-11-7-18(2)8-12-22)32-33-28(31-25)36-19(3)27(35)30-24-15-13-23(14-16-24)29-20(4)34/h5-16,19H,1-4H3,(H,29,34)(H,30,35). The van der Waals surface area contributed by atoms with Crippen molar-refractivity contribution >= 4 is 35.0 Å². The van der Waals surface area contributed by atoms with Crippen LogP contribution in [0.1, 0.15) is 25.0 Å². The average Bonchev–Trinajstić information content (AvgIpc) is 2.86. The molecule has 8 heteroatoms. The Morgan fingerprint density at radius 2 is 1.22 bits per heavy atom. The minimum absolute atomic E-state index is 0.149. The van der Waals surface area contributed by atoms with E-state index in [1.54, 1.807) is 31.2 Å². The van der Waals surface area contributed by atoms with Crippen molar-refractivity contribution in [3.05, 3.63) is 83.9 Å². The average molecular weight is 498 g/mol. The second-order valence-corrected chi connectivity index (χ2v) is 9.84. The Morgan fingerprint density at radius 3 is 1.75 bits per heavy atom. The van der Waals surface area contributed by atoms with Crippen molar-refractivity contribution in [2.45, 2.75) is 38.1 Å². The van der Waals surface area contributed by atoms with Crippen molar-refractivity contribution in [2.24, 2.45) is 0 Å². The minimum atomic E-state index is -0.460. The molecule has 3 aromatic carbocycles. The van der Waals surface area contributed by atoms with Crippen LogP contribution in [-0.2, 0) is 9.59 Å². The quantitative estimate of drug-likeness (QED) is 0.309. The molecule has 1 heterocycles. The van der Waals surface area contributed by atoms with Gasteiger partial charge in [-0.05, 0) is 45.0 Å². The number of hydrogen-bond acceptors (Lipinski definition) is 6. The molecule has 36 heavy (non-hydrogen) atoms. The maximum absolute atomic E-state index is 12.8. The van der Waals surface area contributed by atoms with E-state index in [9.17, 15) is 9.59 Å². The summed E-state index contributed by atoms with van der Waals surface area (Å²) in [5, 5.41) is 14.4. The number of anilines is 2. The van der Waals surface area contributed by atoms with Gasteiger partial charge in [0.25, 0.3) is 0 Å². The highest BCUT2D eigenvalue weighted by molar-refractivity contribution is 8.00. The summed E-state index contributed by atoms with van der Waals surface area (Å²) in [7, 11) is 0. The molecule has 2 N–H and O–H groups in total. The molecule has 0 radical (unpaired) electrons. The molecule has 0 aliphatic rings. The van der Waals surface area contributed by atoms with Gasteiger partial charge in [-0.25, -0.2) is 4.98 Å². The lowest BCUT2D eigenvalue weighted by Crippen LogP contribution is -2.22. The molecule has 4 aromatic rings. The van der Waals surface area contributed by atoms with Crippen molar-refractivity contribution < 1.29 is 9.59 Å². The van der Waals surface area contributed by atoms with Gasteiger partial charge in [0.15, 0.2) is 0 Å². The Bertz CT molecular complexity index is 1370. The van der Waals surface area contributed by atoms with Crippen molar-refractivity contribution in [1.82, 2.24) is 15.2 Å². The third-order valence-electron chi connectivity index (χ3n) is 5.44. The second-order valence-electron chi connectivity index (χ2n) is 8.53. The van der Waals surface area contributed by atoms with E-state index in [0.717, 1.165) is 27.9 Å². The summed E-state index contributed by atoms with van der Waals surface area (Å²) in [5.41, 5.74) is 6.90. The van der Waals surface area contributed by atoms with Gasteiger partial charge < -0.3 is 10.6 Å². The summed E-state index contributed by atoms with van der Waals surface area (Å²) in [6.45, 7) is 7.33. The molecular formula is C28H27N5O2S. The van der Waals surface area contributed by atoms with Gasteiger partial charge in [-0.2, -0.15) is 0 Å². The van der Waals surface area contributed by atoms with Crippen molar-refractivity contribution in [2.75, 3.05) is 10.6 Å². The Morgan fingerprint density at radius 1 is 0.722 bits per heavy atom. The SMILES string of the molecule is CC(=O)Nc1ccc(NC(=O)C(C)Sc2nnc(-c3ccc(C)cc3)c(-c3ccc(C)cc3)n2)cc1. The molecule has 0 aliphatic heterocycles. The predicted molar refractivity (Wildman–Crippen MR) is 145 cm³/mol. The number of nitrogens with zero attached hydrogens (tertiary/aromatic N) is 3. The Hall–Kier alpha value is -4.04. The van der Waals surface area contributed by atoms with Crippen LogP contribution in [0.15, 0.2) is 78.0 Å². The summed E-state index contributed by atoms with van der Waals surface area (Å²) in [6.07, 6.45) is 0. The number of carbonyl (C=O) groups excluding carboxylic acids is 2. The highest BCUT2D eigenvalue weighted by atomic mass is 32.2. The monoisotopic (exact) mass is 497 g/mol. The van der Waals surface area contributed by atoms with Crippen LogP contribution in [0.2, 0.25) is 0 Å². The summed E-state index contributed by atoms with van der Waals surface area (Å²) in [4.78, 5) is 28.8. The van der Waals surface area contributed by atoms with Gasteiger partial charge in [0.1, 0.15) is 11.4 Å². The van der Waals surface area contributed by atoms with Crippen LogP contribution in [-0.4, -0.2) is 32.2 Å². The number of benzene rings is 3. The van der Waals surface area contributed by atoms with E-state index >= 15 is 0 Å². The van der Waals surface area contributed by atoms with Crippen LogP contribution < -0.4 is 10.6 Å². The van der Waals surface area contributed by atoms with Crippen LogP contribution >= 0.6 is 11.8 Å². The maximum Gasteiger partial charge on any atom is 0.237 e. The van der Waals surface area contributed by atoms with E-state index in [-0.39, 0.29) is 11.8 Å². The number of aromatic nitrogens is 3.